The van der Waals surface area contributed by atoms with Crippen molar-refractivity contribution in [2.24, 2.45) is 45.8 Å². The molecule has 5 aliphatic rings. The maximum absolute atomic E-state index is 12.2. The average molecular weight is 593 g/mol. The van der Waals surface area contributed by atoms with Gasteiger partial charge in [-0.25, -0.2) is 0 Å². The van der Waals surface area contributed by atoms with Crippen molar-refractivity contribution in [3.8, 4) is 0 Å². The zero-order valence-electron chi connectivity index (χ0n) is 28.0. The summed E-state index contributed by atoms with van der Waals surface area (Å²) < 4.78 is 16.7. The number of hydrogen-bond acceptors (Lipinski definition) is 6. The van der Waals surface area contributed by atoms with Crippen LogP contribution in [0.3, 0.4) is 0 Å². The summed E-state index contributed by atoms with van der Waals surface area (Å²) in [5, 5.41) is 8.44. The zero-order chi connectivity index (χ0) is 31.5. The van der Waals surface area contributed by atoms with Crippen LogP contribution in [-0.2, 0) is 28.6 Å². The molecule has 1 aliphatic heterocycles. The maximum Gasteiger partial charge on any atom is 0.311 e. The van der Waals surface area contributed by atoms with Crippen molar-refractivity contribution in [2.45, 2.75) is 151 Å². The first-order valence-electron chi connectivity index (χ1n) is 16.8. The summed E-state index contributed by atoms with van der Waals surface area (Å²) in [5.74, 6) is 3.17. The highest BCUT2D eigenvalue weighted by molar-refractivity contribution is 5.76. The molecule has 1 heterocycles. The molecule has 1 N–H and O–H groups in total. The SMILES string of the molecule is CCC(C)(C)C(=O)O.CCC(C)(C)C(=O)OC1CC2CC1C1CCCC21.CCC(C)(C)C(=O)OCC1CCC2OC2C1. The van der Waals surface area contributed by atoms with Crippen molar-refractivity contribution in [1.82, 2.24) is 0 Å². The summed E-state index contributed by atoms with van der Waals surface area (Å²) in [7, 11) is 0. The standard InChI is InChI=1S/C16H26O2.C13H22O3.C6H12O2/c1-4-16(2,3)15(17)18-14-9-10-8-13(14)12-7-5-6-11(10)12;1-4-13(2,3)12(14)15-8-9-5-6-10-11(7-9)16-10;1-4-6(2,3)5(7)8/h10-14H,4-9H2,1-3H3;9-11H,4-8H2,1-3H3;4H2,1-3H3,(H,7,8). The van der Waals surface area contributed by atoms with Crippen molar-refractivity contribution in [2.75, 3.05) is 6.61 Å². The fraction of sp³-hybridized carbons (Fsp3) is 0.914. The predicted octanol–water partition coefficient (Wildman–Crippen LogP) is 7.83. The smallest absolute Gasteiger partial charge is 0.311 e. The predicted molar refractivity (Wildman–Crippen MR) is 164 cm³/mol. The molecule has 0 amide bonds. The van der Waals surface area contributed by atoms with Gasteiger partial charge in [0.15, 0.2) is 0 Å². The van der Waals surface area contributed by atoms with Crippen LogP contribution in [0.2, 0.25) is 0 Å². The van der Waals surface area contributed by atoms with Crippen LogP contribution in [-0.4, -0.2) is 47.9 Å². The highest BCUT2D eigenvalue weighted by Crippen LogP contribution is 2.59. The van der Waals surface area contributed by atoms with Crippen LogP contribution in [0, 0.1) is 45.8 Å². The summed E-state index contributed by atoms with van der Waals surface area (Å²) in [5.41, 5.74) is -1.19. The monoisotopic (exact) mass is 592 g/mol. The molecule has 1 saturated heterocycles. The summed E-state index contributed by atoms with van der Waals surface area (Å²) in [4.78, 5) is 34.2. The summed E-state index contributed by atoms with van der Waals surface area (Å²) in [6.07, 6.45) is 13.7. The van der Waals surface area contributed by atoms with Crippen LogP contribution in [0.25, 0.3) is 0 Å². The number of aliphatic carboxylic acids is 1. The van der Waals surface area contributed by atoms with E-state index in [-0.39, 0.29) is 28.9 Å². The fourth-order valence-electron chi connectivity index (χ4n) is 6.90. The largest absolute Gasteiger partial charge is 0.481 e. The van der Waals surface area contributed by atoms with E-state index in [0.29, 0.717) is 37.1 Å². The van der Waals surface area contributed by atoms with E-state index in [0.717, 1.165) is 56.3 Å². The molecule has 2 bridgehead atoms. The molecule has 7 heteroatoms. The molecule has 0 aromatic heterocycles. The number of carboxylic acid groups (broad SMARTS) is 1. The van der Waals surface area contributed by atoms with Crippen LogP contribution < -0.4 is 0 Å². The van der Waals surface area contributed by atoms with E-state index in [1.807, 2.05) is 41.5 Å². The highest BCUT2D eigenvalue weighted by Gasteiger charge is 2.55. The van der Waals surface area contributed by atoms with Gasteiger partial charge in [0, 0.05) is 0 Å². The number of esters is 2. The fourth-order valence-corrected chi connectivity index (χ4v) is 6.90. The number of fused-ring (bicyclic) bond motifs is 6. The first-order chi connectivity index (χ1) is 19.6. The van der Waals surface area contributed by atoms with E-state index in [1.54, 1.807) is 13.8 Å². The molecule has 42 heavy (non-hydrogen) atoms. The number of hydrogen-bond donors (Lipinski definition) is 1. The summed E-state index contributed by atoms with van der Waals surface area (Å²) in [6.45, 7) is 17.8. The lowest BCUT2D eigenvalue weighted by Gasteiger charge is -2.33. The van der Waals surface area contributed by atoms with Gasteiger partial charge in [-0.1, -0.05) is 27.2 Å². The third-order valence-corrected chi connectivity index (χ3v) is 11.5. The van der Waals surface area contributed by atoms with E-state index in [2.05, 4.69) is 6.92 Å². The minimum atomic E-state index is -0.722. The number of carbonyl (C=O) groups excluding carboxylic acids is 2. The van der Waals surface area contributed by atoms with E-state index in [1.165, 1.54) is 25.7 Å². The molecule has 5 fully saturated rings. The third-order valence-electron chi connectivity index (χ3n) is 11.5. The van der Waals surface area contributed by atoms with Gasteiger partial charge >= 0.3 is 17.9 Å². The van der Waals surface area contributed by atoms with Crippen molar-refractivity contribution < 1.29 is 33.7 Å². The van der Waals surface area contributed by atoms with Crippen LogP contribution in [0.15, 0.2) is 0 Å². The Kier molecular flexibility index (Phi) is 11.6. The van der Waals surface area contributed by atoms with Gasteiger partial charge < -0.3 is 19.3 Å². The van der Waals surface area contributed by atoms with E-state index >= 15 is 0 Å². The molecule has 8 unspecified atom stereocenters. The van der Waals surface area contributed by atoms with Gasteiger partial charge in [-0.05, 0) is 135 Å². The molecule has 242 valence electrons. The first kappa shape index (κ1) is 34.9. The van der Waals surface area contributed by atoms with Crippen LogP contribution in [0.1, 0.15) is 133 Å². The van der Waals surface area contributed by atoms with Gasteiger partial charge in [0.05, 0.1) is 35.1 Å². The summed E-state index contributed by atoms with van der Waals surface area (Å²) in [6, 6.07) is 0. The Morgan fingerprint density at radius 3 is 1.86 bits per heavy atom. The van der Waals surface area contributed by atoms with E-state index < -0.39 is 11.4 Å². The quantitative estimate of drug-likeness (QED) is 0.215. The Bertz CT molecular complexity index is 938. The Balaban J connectivity index is 0.000000186. The lowest BCUT2D eigenvalue weighted by Crippen LogP contribution is -2.36. The lowest BCUT2D eigenvalue weighted by molar-refractivity contribution is -0.164. The van der Waals surface area contributed by atoms with Gasteiger partial charge in [-0.15, -0.1) is 0 Å². The second-order valence-corrected chi connectivity index (χ2v) is 15.6. The molecular weight excluding hydrogens is 532 g/mol. The molecule has 0 aromatic carbocycles. The number of carbonyl (C=O) groups is 3. The zero-order valence-corrected chi connectivity index (χ0v) is 28.0. The Morgan fingerprint density at radius 1 is 0.714 bits per heavy atom. The number of rotatable bonds is 9. The normalized spacial score (nSPS) is 32.8. The second-order valence-electron chi connectivity index (χ2n) is 15.6. The van der Waals surface area contributed by atoms with Crippen molar-refractivity contribution in [3.05, 3.63) is 0 Å². The number of ether oxygens (including phenoxy) is 3. The van der Waals surface area contributed by atoms with Crippen LogP contribution in [0.5, 0.6) is 0 Å². The van der Waals surface area contributed by atoms with Crippen molar-refractivity contribution in [3.63, 3.8) is 0 Å². The van der Waals surface area contributed by atoms with Gasteiger partial charge in [0.1, 0.15) is 6.10 Å². The molecule has 5 rings (SSSR count). The third kappa shape index (κ3) is 8.51. The van der Waals surface area contributed by atoms with Crippen LogP contribution in [0.4, 0.5) is 0 Å². The van der Waals surface area contributed by atoms with Gasteiger partial charge in [-0.3, -0.25) is 14.4 Å². The molecular formula is C35H60O7. The minimum absolute atomic E-state index is 0.0251. The molecule has 4 saturated carbocycles. The molecule has 0 aromatic rings. The lowest BCUT2D eigenvalue weighted by atomic mass is 9.80. The molecule has 7 nitrogen and oxygen atoms in total. The Labute approximate surface area is 255 Å². The van der Waals surface area contributed by atoms with Crippen LogP contribution >= 0.6 is 0 Å². The van der Waals surface area contributed by atoms with Crippen molar-refractivity contribution in [1.29, 1.82) is 0 Å². The summed E-state index contributed by atoms with van der Waals surface area (Å²) >= 11 is 0. The molecule has 8 atom stereocenters. The maximum atomic E-state index is 12.2. The average Bonchev–Trinajstić information content (AvgIpc) is 3.24. The minimum Gasteiger partial charge on any atom is -0.481 e. The molecule has 0 spiro atoms. The highest BCUT2D eigenvalue weighted by atomic mass is 16.6. The Morgan fingerprint density at radius 2 is 1.31 bits per heavy atom. The molecule has 0 radical (unpaired) electrons. The molecule has 4 aliphatic carbocycles. The Hall–Kier alpha value is -1.63. The number of epoxide rings is 1. The van der Waals surface area contributed by atoms with Gasteiger partial charge in [0.25, 0.3) is 0 Å². The first-order valence-corrected chi connectivity index (χ1v) is 16.8. The van der Waals surface area contributed by atoms with E-state index in [9.17, 15) is 14.4 Å². The van der Waals surface area contributed by atoms with Crippen molar-refractivity contribution >= 4 is 17.9 Å². The van der Waals surface area contributed by atoms with E-state index in [4.69, 9.17) is 19.3 Å². The van der Waals surface area contributed by atoms with Gasteiger partial charge in [-0.2, -0.15) is 0 Å². The topological polar surface area (TPSA) is 102 Å². The van der Waals surface area contributed by atoms with Gasteiger partial charge in [0.2, 0.25) is 0 Å². The second kappa shape index (κ2) is 14.0. The number of carboxylic acids is 1.